The Morgan fingerprint density at radius 1 is 0.909 bits per heavy atom. The van der Waals surface area contributed by atoms with Crippen LogP contribution in [0, 0.1) is 5.92 Å². The first-order chi connectivity index (χ1) is 21.2. The fraction of sp³-hybridized carbons (Fsp3) is 0.194. The van der Waals surface area contributed by atoms with Crippen molar-refractivity contribution in [2.75, 3.05) is 5.32 Å². The number of ketones is 2. The molecular formula is C36H28Cl2N2O4. The number of nitrogens with one attached hydrogen (secondary N) is 1. The number of amides is 1. The lowest BCUT2D eigenvalue weighted by Crippen LogP contribution is -2.49. The Hall–Kier alpha value is -4.39. The van der Waals surface area contributed by atoms with Crippen molar-refractivity contribution in [2.24, 2.45) is 5.92 Å². The molecule has 6 nitrogen and oxygen atoms in total. The van der Waals surface area contributed by atoms with Gasteiger partial charge in [-0.2, -0.15) is 0 Å². The number of para-hydroxylation sites is 1. The Labute approximate surface area is 265 Å². The van der Waals surface area contributed by atoms with Gasteiger partial charge in [0.2, 0.25) is 5.91 Å². The van der Waals surface area contributed by atoms with E-state index in [0.717, 1.165) is 11.1 Å². The molecule has 3 heterocycles. The Morgan fingerprint density at radius 3 is 2.39 bits per heavy atom. The standard InChI is InChI=1S/C36H28Cl2N2O4/c1-20(2)44-24-14-11-22(12-15-24)32(41)30-31(33(42)26-16-13-23(37)19-28(26)38)40-18-17-21-7-3-4-8-25(21)34(40)36(30)27-9-5-6-10-29(27)39-35(36)43/h3-20,30-31,34H,1-2H3,(H,39,43)/t30-,31+,34-,36-/m0/s1. The van der Waals surface area contributed by atoms with E-state index in [2.05, 4.69) is 5.32 Å². The zero-order chi connectivity index (χ0) is 30.7. The summed E-state index contributed by atoms with van der Waals surface area (Å²) in [5.74, 6) is -1.50. The van der Waals surface area contributed by atoms with Gasteiger partial charge in [-0.1, -0.05) is 65.7 Å². The topological polar surface area (TPSA) is 75.7 Å². The summed E-state index contributed by atoms with van der Waals surface area (Å²) in [4.78, 5) is 46.1. The molecule has 1 saturated heterocycles. The highest BCUT2D eigenvalue weighted by Gasteiger charge is 2.70. The van der Waals surface area contributed by atoms with Crippen molar-refractivity contribution < 1.29 is 19.1 Å². The summed E-state index contributed by atoms with van der Waals surface area (Å²) < 4.78 is 5.82. The van der Waals surface area contributed by atoms with Crippen LogP contribution in [-0.4, -0.2) is 34.5 Å². The molecule has 4 aromatic carbocycles. The number of fused-ring (bicyclic) bond motifs is 6. The summed E-state index contributed by atoms with van der Waals surface area (Å²) >= 11 is 12.8. The van der Waals surface area contributed by atoms with Crippen LogP contribution in [0.5, 0.6) is 5.75 Å². The number of halogens is 2. The highest BCUT2D eigenvalue weighted by molar-refractivity contribution is 6.37. The third kappa shape index (κ3) is 4.20. The van der Waals surface area contributed by atoms with Gasteiger partial charge < -0.3 is 15.0 Å². The molecule has 0 aromatic heterocycles. The van der Waals surface area contributed by atoms with E-state index in [-0.39, 0.29) is 34.2 Å². The average Bonchev–Trinajstić information content (AvgIpc) is 3.49. The Morgan fingerprint density at radius 2 is 1.64 bits per heavy atom. The molecule has 0 bridgehead atoms. The average molecular weight is 624 g/mol. The summed E-state index contributed by atoms with van der Waals surface area (Å²) in [5.41, 5.74) is 2.26. The number of anilines is 1. The van der Waals surface area contributed by atoms with Gasteiger partial charge in [-0.15, -0.1) is 0 Å². The van der Waals surface area contributed by atoms with Gasteiger partial charge in [-0.3, -0.25) is 14.4 Å². The molecule has 1 fully saturated rings. The molecule has 1 N–H and O–H groups in total. The molecule has 0 radical (unpaired) electrons. The third-order valence-electron chi connectivity index (χ3n) is 8.83. The monoisotopic (exact) mass is 622 g/mol. The predicted octanol–water partition coefficient (Wildman–Crippen LogP) is 7.76. The van der Waals surface area contributed by atoms with Crippen LogP contribution in [-0.2, 0) is 10.2 Å². The zero-order valence-electron chi connectivity index (χ0n) is 24.0. The molecule has 0 unspecified atom stereocenters. The minimum Gasteiger partial charge on any atom is -0.491 e. The van der Waals surface area contributed by atoms with Crippen LogP contribution in [0.4, 0.5) is 5.69 Å². The second-order valence-electron chi connectivity index (χ2n) is 11.6. The van der Waals surface area contributed by atoms with Gasteiger partial charge in [0, 0.05) is 28.0 Å². The van der Waals surface area contributed by atoms with Gasteiger partial charge in [0.05, 0.1) is 23.1 Å². The molecule has 1 amide bonds. The fourth-order valence-corrected chi connectivity index (χ4v) is 7.67. The maximum atomic E-state index is 15.0. The summed E-state index contributed by atoms with van der Waals surface area (Å²) in [6, 6.07) is 25.1. The number of hydrogen-bond donors (Lipinski definition) is 1. The summed E-state index contributed by atoms with van der Waals surface area (Å²) in [7, 11) is 0. The van der Waals surface area contributed by atoms with Crippen molar-refractivity contribution in [1.29, 1.82) is 0 Å². The van der Waals surface area contributed by atoms with Crippen molar-refractivity contribution in [3.05, 3.63) is 135 Å². The van der Waals surface area contributed by atoms with E-state index in [1.165, 1.54) is 6.07 Å². The smallest absolute Gasteiger partial charge is 0.238 e. The number of rotatable bonds is 6. The van der Waals surface area contributed by atoms with Crippen LogP contribution < -0.4 is 10.1 Å². The SMILES string of the molecule is CC(C)Oc1ccc(C(=O)[C@@H]2[C@H](C(=O)c3ccc(Cl)cc3Cl)N3C=Cc4ccccc4[C@H]3[C@@]23C(=O)Nc2ccccc23)cc1. The molecular weight excluding hydrogens is 595 g/mol. The number of ether oxygens (including phenoxy) is 1. The lowest BCUT2D eigenvalue weighted by Gasteiger charge is -2.38. The quantitative estimate of drug-likeness (QED) is 0.222. The number of carbonyl (C=O) groups is 3. The molecule has 1 spiro atoms. The molecule has 0 saturated carbocycles. The highest BCUT2D eigenvalue weighted by atomic mass is 35.5. The van der Waals surface area contributed by atoms with Crippen molar-refractivity contribution in [1.82, 2.24) is 4.90 Å². The Bertz CT molecular complexity index is 1870. The molecule has 7 rings (SSSR count). The lowest BCUT2D eigenvalue weighted by molar-refractivity contribution is -0.122. The van der Waals surface area contributed by atoms with Gasteiger partial charge in [0.15, 0.2) is 11.6 Å². The molecule has 220 valence electrons. The van der Waals surface area contributed by atoms with E-state index in [1.807, 2.05) is 79.6 Å². The van der Waals surface area contributed by atoms with E-state index in [4.69, 9.17) is 27.9 Å². The van der Waals surface area contributed by atoms with Gasteiger partial charge in [-0.05, 0) is 85.1 Å². The molecule has 0 aliphatic carbocycles. The maximum Gasteiger partial charge on any atom is 0.238 e. The van der Waals surface area contributed by atoms with E-state index in [1.54, 1.807) is 36.4 Å². The Balaban J connectivity index is 1.49. The number of carbonyl (C=O) groups excluding carboxylic acids is 3. The van der Waals surface area contributed by atoms with Gasteiger partial charge in [0.25, 0.3) is 0 Å². The number of Topliss-reactive ketones (excluding diaryl/α,β-unsaturated/α-hetero) is 2. The normalized spacial score (nSPS) is 22.9. The molecule has 4 atom stereocenters. The van der Waals surface area contributed by atoms with Gasteiger partial charge in [0.1, 0.15) is 17.2 Å². The maximum absolute atomic E-state index is 15.0. The largest absolute Gasteiger partial charge is 0.491 e. The van der Waals surface area contributed by atoms with Crippen LogP contribution in [0.15, 0.2) is 97.2 Å². The molecule has 8 heteroatoms. The molecule has 44 heavy (non-hydrogen) atoms. The van der Waals surface area contributed by atoms with E-state index >= 15 is 0 Å². The Kier molecular flexibility index (Phi) is 6.87. The first kappa shape index (κ1) is 28.4. The highest BCUT2D eigenvalue weighted by Crippen LogP contribution is 2.62. The van der Waals surface area contributed by atoms with Crippen LogP contribution >= 0.6 is 23.2 Å². The van der Waals surface area contributed by atoms with Crippen molar-refractivity contribution in [2.45, 2.75) is 37.5 Å². The fourth-order valence-electron chi connectivity index (χ4n) is 7.17. The second kappa shape index (κ2) is 10.7. The zero-order valence-corrected chi connectivity index (χ0v) is 25.5. The molecule has 4 aromatic rings. The van der Waals surface area contributed by atoms with Crippen LogP contribution in [0.25, 0.3) is 6.08 Å². The summed E-state index contributed by atoms with van der Waals surface area (Å²) in [5, 5.41) is 3.63. The van der Waals surface area contributed by atoms with E-state index in [0.29, 0.717) is 27.6 Å². The van der Waals surface area contributed by atoms with E-state index in [9.17, 15) is 14.4 Å². The molecule has 3 aliphatic heterocycles. The summed E-state index contributed by atoms with van der Waals surface area (Å²) in [6.07, 6.45) is 3.72. The minimum atomic E-state index is -1.43. The van der Waals surface area contributed by atoms with Crippen LogP contribution in [0.2, 0.25) is 10.0 Å². The van der Waals surface area contributed by atoms with Crippen LogP contribution in [0.3, 0.4) is 0 Å². The summed E-state index contributed by atoms with van der Waals surface area (Å²) in [6.45, 7) is 3.86. The second-order valence-corrected chi connectivity index (χ2v) is 12.5. The first-order valence-electron chi connectivity index (χ1n) is 14.5. The van der Waals surface area contributed by atoms with Gasteiger partial charge in [-0.25, -0.2) is 0 Å². The predicted molar refractivity (Wildman–Crippen MR) is 171 cm³/mol. The van der Waals surface area contributed by atoms with Gasteiger partial charge >= 0.3 is 0 Å². The van der Waals surface area contributed by atoms with Crippen molar-refractivity contribution in [3.63, 3.8) is 0 Å². The van der Waals surface area contributed by atoms with E-state index < -0.39 is 23.4 Å². The lowest BCUT2D eigenvalue weighted by atomic mass is 9.62. The molecule has 3 aliphatic rings. The third-order valence-corrected chi connectivity index (χ3v) is 9.38. The van der Waals surface area contributed by atoms with Crippen molar-refractivity contribution in [3.8, 4) is 5.75 Å². The van der Waals surface area contributed by atoms with Crippen LogP contribution in [0.1, 0.15) is 57.3 Å². The minimum absolute atomic E-state index is 0.0396. The first-order valence-corrected chi connectivity index (χ1v) is 15.2. The number of hydrogen-bond acceptors (Lipinski definition) is 5. The number of nitrogens with zero attached hydrogens (tertiary/aromatic N) is 1. The number of benzene rings is 4. The van der Waals surface area contributed by atoms with Crippen molar-refractivity contribution >= 4 is 52.4 Å².